The van der Waals surface area contributed by atoms with Crippen molar-refractivity contribution in [3.05, 3.63) is 35.1 Å². The van der Waals surface area contributed by atoms with E-state index in [2.05, 4.69) is 22.1 Å². The summed E-state index contributed by atoms with van der Waals surface area (Å²) in [5.74, 6) is 1.39. The van der Waals surface area contributed by atoms with Gasteiger partial charge in [-0.15, -0.1) is 5.10 Å². The summed E-state index contributed by atoms with van der Waals surface area (Å²) in [6, 6.07) is 5.79. The third-order valence-corrected chi connectivity index (χ3v) is 2.63. The largest absolute Gasteiger partial charge is 0.496 e. The van der Waals surface area contributed by atoms with Crippen LogP contribution < -0.4 is 4.74 Å². The highest BCUT2D eigenvalue weighted by Crippen LogP contribution is 2.25. The summed E-state index contributed by atoms with van der Waals surface area (Å²) in [6.07, 6.45) is 2.29. The van der Waals surface area contributed by atoms with Crippen LogP contribution in [-0.4, -0.2) is 22.3 Å². The average molecular weight is 250 g/mol. The zero-order valence-corrected chi connectivity index (χ0v) is 10.4. The van der Waals surface area contributed by atoms with Crippen LogP contribution in [0.2, 0.25) is 5.15 Å². The molecule has 0 bridgehead atoms. The van der Waals surface area contributed by atoms with Crippen LogP contribution >= 0.6 is 11.6 Å². The highest BCUT2D eigenvalue weighted by atomic mass is 35.5. The van der Waals surface area contributed by atoms with E-state index in [1.54, 1.807) is 7.11 Å². The number of aromatic nitrogens is 3. The minimum atomic E-state index is 0.337. The van der Waals surface area contributed by atoms with Gasteiger partial charge in [0.1, 0.15) is 5.75 Å². The monoisotopic (exact) mass is 249 g/mol. The Kier molecular flexibility index (Phi) is 3.54. The van der Waals surface area contributed by atoms with E-state index in [0.717, 1.165) is 23.3 Å². The predicted molar refractivity (Wildman–Crippen MR) is 66.2 cm³/mol. The van der Waals surface area contributed by atoms with Crippen molar-refractivity contribution >= 4 is 11.6 Å². The lowest BCUT2D eigenvalue weighted by Gasteiger charge is -2.08. The van der Waals surface area contributed by atoms with Crippen LogP contribution in [0.5, 0.6) is 5.75 Å². The molecule has 0 N–H and O–H groups in total. The molecule has 0 saturated heterocycles. The van der Waals surface area contributed by atoms with Crippen molar-refractivity contribution in [1.29, 1.82) is 0 Å². The van der Waals surface area contributed by atoms with Gasteiger partial charge >= 0.3 is 0 Å². The topological polar surface area (TPSA) is 47.9 Å². The number of rotatable bonds is 3. The maximum absolute atomic E-state index is 5.79. The van der Waals surface area contributed by atoms with Crippen molar-refractivity contribution in [2.75, 3.05) is 7.11 Å². The fraction of sp³-hybridized carbons (Fsp3) is 0.250. The molecule has 2 rings (SSSR count). The third-order valence-electron chi connectivity index (χ3n) is 2.45. The molecule has 88 valence electrons. The molecule has 0 fully saturated rings. The molecule has 0 atom stereocenters. The molecule has 0 amide bonds. The lowest BCUT2D eigenvalue weighted by atomic mass is 10.1. The summed E-state index contributed by atoms with van der Waals surface area (Å²) in [5, 5.41) is 8.07. The van der Waals surface area contributed by atoms with Crippen LogP contribution in [0.4, 0.5) is 0 Å². The van der Waals surface area contributed by atoms with E-state index >= 15 is 0 Å². The number of methoxy groups -OCH3 is 1. The van der Waals surface area contributed by atoms with Crippen LogP contribution in [-0.2, 0) is 6.42 Å². The fourth-order valence-electron chi connectivity index (χ4n) is 1.60. The van der Waals surface area contributed by atoms with E-state index < -0.39 is 0 Å². The lowest BCUT2D eigenvalue weighted by Crippen LogP contribution is -1.95. The molecule has 0 radical (unpaired) electrons. The van der Waals surface area contributed by atoms with Gasteiger partial charge in [0.2, 0.25) is 0 Å². The van der Waals surface area contributed by atoms with E-state index in [0.29, 0.717) is 11.0 Å². The zero-order valence-electron chi connectivity index (χ0n) is 9.64. The first-order valence-corrected chi connectivity index (χ1v) is 5.65. The Labute approximate surface area is 105 Å². The Hall–Kier alpha value is -1.68. The second-order valence-electron chi connectivity index (χ2n) is 3.48. The molecule has 0 unspecified atom stereocenters. The summed E-state index contributed by atoms with van der Waals surface area (Å²) >= 11 is 5.79. The molecule has 5 heteroatoms. The van der Waals surface area contributed by atoms with Crippen molar-refractivity contribution in [3.63, 3.8) is 0 Å². The van der Waals surface area contributed by atoms with E-state index in [4.69, 9.17) is 16.3 Å². The van der Waals surface area contributed by atoms with Crippen molar-refractivity contribution in [3.8, 4) is 17.1 Å². The molecule has 0 aliphatic heterocycles. The van der Waals surface area contributed by atoms with Gasteiger partial charge in [0, 0.05) is 5.56 Å². The summed E-state index contributed by atoms with van der Waals surface area (Å²) in [5.41, 5.74) is 1.99. The van der Waals surface area contributed by atoms with Gasteiger partial charge in [0.15, 0.2) is 11.0 Å². The van der Waals surface area contributed by atoms with Crippen LogP contribution in [0.15, 0.2) is 24.4 Å². The quantitative estimate of drug-likeness (QED) is 0.839. The number of benzene rings is 1. The van der Waals surface area contributed by atoms with Crippen LogP contribution in [0, 0.1) is 0 Å². The maximum Gasteiger partial charge on any atom is 0.183 e. The molecule has 1 aromatic heterocycles. The zero-order chi connectivity index (χ0) is 12.3. The molecule has 2 aromatic rings. The normalized spacial score (nSPS) is 10.3. The van der Waals surface area contributed by atoms with Gasteiger partial charge in [-0.1, -0.05) is 18.5 Å². The minimum absolute atomic E-state index is 0.337. The molecule has 1 aromatic carbocycles. The van der Waals surface area contributed by atoms with Crippen molar-refractivity contribution in [2.45, 2.75) is 13.3 Å². The van der Waals surface area contributed by atoms with Gasteiger partial charge in [0.25, 0.3) is 0 Å². The molecular weight excluding hydrogens is 238 g/mol. The molecule has 0 aliphatic rings. The number of nitrogens with zero attached hydrogens (tertiary/aromatic N) is 3. The third kappa shape index (κ3) is 2.53. The van der Waals surface area contributed by atoms with E-state index in [9.17, 15) is 0 Å². The van der Waals surface area contributed by atoms with Gasteiger partial charge in [-0.2, -0.15) is 5.10 Å². The van der Waals surface area contributed by atoms with E-state index in [1.807, 2.05) is 18.2 Å². The van der Waals surface area contributed by atoms with Gasteiger partial charge in [-0.3, -0.25) is 0 Å². The number of halogens is 1. The van der Waals surface area contributed by atoms with Crippen molar-refractivity contribution in [1.82, 2.24) is 15.2 Å². The second-order valence-corrected chi connectivity index (χ2v) is 3.87. The first kappa shape index (κ1) is 11.8. The summed E-state index contributed by atoms with van der Waals surface area (Å²) in [4.78, 5) is 4.13. The highest BCUT2D eigenvalue weighted by Gasteiger charge is 2.07. The molecule has 0 aliphatic carbocycles. The smallest absolute Gasteiger partial charge is 0.183 e. The Morgan fingerprint density at radius 1 is 1.35 bits per heavy atom. The molecule has 0 spiro atoms. The molecule has 1 heterocycles. The SMILES string of the molecule is CCc1cc(-c2nncc(Cl)n2)ccc1OC. The van der Waals surface area contributed by atoms with Gasteiger partial charge in [0.05, 0.1) is 13.3 Å². The van der Waals surface area contributed by atoms with Crippen molar-refractivity contribution < 1.29 is 4.74 Å². The fourth-order valence-corrected chi connectivity index (χ4v) is 1.72. The maximum atomic E-state index is 5.79. The number of hydrogen-bond donors (Lipinski definition) is 0. The van der Waals surface area contributed by atoms with Gasteiger partial charge in [-0.25, -0.2) is 4.98 Å². The Morgan fingerprint density at radius 2 is 2.18 bits per heavy atom. The molecule has 4 nitrogen and oxygen atoms in total. The highest BCUT2D eigenvalue weighted by molar-refractivity contribution is 6.29. The molecule has 17 heavy (non-hydrogen) atoms. The van der Waals surface area contributed by atoms with Crippen molar-refractivity contribution in [2.24, 2.45) is 0 Å². The number of ether oxygens (including phenoxy) is 1. The standard InChI is InChI=1S/C12H12ClN3O/c1-3-8-6-9(4-5-10(8)17-2)12-15-11(13)7-14-16-12/h4-7H,3H2,1-2H3. The van der Waals surface area contributed by atoms with E-state index in [-0.39, 0.29) is 0 Å². The molecule has 0 saturated carbocycles. The van der Waals surface area contributed by atoms with Gasteiger partial charge in [-0.05, 0) is 30.2 Å². The summed E-state index contributed by atoms with van der Waals surface area (Å²) < 4.78 is 5.27. The second kappa shape index (κ2) is 5.10. The predicted octanol–water partition coefficient (Wildman–Crippen LogP) is 2.76. The first-order valence-electron chi connectivity index (χ1n) is 5.27. The summed E-state index contributed by atoms with van der Waals surface area (Å²) in [7, 11) is 1.66. The summed E-state index contributed by atoms with van der Waals surface area (Å²) in [6.45, 7) is 2.07. The Bertz CT molecular complexity index is 531. The lowest BCUT2D eigenvalue weighted by molar-refractivity contribution is 0.410. The van der Waals surface area contributed by atoms with Crippen LogP contribution in [0.25, 0.3) is 11.4 Å². The van der Waals surface area contributed by atoms with Crippen LogP contribution in [0.3, 0.4) is 0 Å². The first-order chi connectivity index (χ1) is 8.24. The Morgan fingerprint density at radius 3 is 2.82 bits per heavy atom. The molecular formula is C12H12ClN3O. The number of aryl methyl sites for hydroxylation is 1. The Balaban J connectivity index is 2.46. The van der Waals surface area contributed by atoms with Gasteiger partial charge < -0.3 is 4.74 Å². The number of hydrogen-bond acceptors (Lipinski definition) is 4. The van der Waals surface area contributed by atoms with E-state index in [1.165, 1.54) is 6.20 Å². The average Bonchev–Trinajstić information content (AvgIpc) is 2.38. The minimum Gasteiger partial charge on any atom is -0.496 e. The van der Waals surface area contributed by atoms with Crippen LogP contribution in [0.1, 0.15) is 12.5 Å².